The molecule has 0 bridgehead atoms. The zero-order valence-corrected chi connectivity index (χ0v) is 12.6. The number of aryl methyl sites for hydroxylation is 1. The fourth-order valence-corrected chi connectivity index (χ4v) is 2.25. The summed E-state index contributed by atoms with van der Waals surface area (Å²) < 4.78 is 0. The van der Waals surface area contributed by atoms with E-state index in [4.69, 9.17) is 0 Å². The Balaban J connectivity index is 1.97. The highest BCUT2D eigenvalue weighted by Gasteiger charge is 2.02. The molecule has 1 aromatic heterocycles. The van der Waals surface area contributed by atoms with Crippen molar-refractivity contribution < 1.29 is 0 Å². The van der Waals surface area contributed by atoms with Crippen LogP contribution in [0.4, 0.5) is 11.5 Å². The average molecular weight is 269 g/mol. The predicted molar refractivity (Wildman–Crippen MR) is 86.3 cm³/mol. The summed E-state index contributed by atoms with van der Waals surface area (Å²) in [4.78, 5) is 6.75. The van der Waals surface area contributed by atoms with Gasteiger partial charge in [0, 0.05) is 19.6 Å². The van der Waals surface area contributed by atoms with E-state index in [2.05, 4.69) is 72.4 Å². The SMILES string of the molecule is CCN(CC)c1ccc(NCc2cccc(C)c2)cn1. The maximum atomic E-state index is 4.51. The number of hydrogen-bond acceptors (Lipinski definition) is 3. The second-order valence-electron chi connectivity index (χ2n) is 4.92. The molecule has 3 heteroatoms. The van der Waals surface area contributed by atoms with Crippen LogP contribution in [0.25, 0.3) is 0 Å². The van der Waals surface area contributed by atoms with Gasteiger partial charge in [-0.2, -0.15) is 0 Å². The third-order valence-electron chi connectivity index (χ3n) is 3.41. The minimum absolute atomic E-state index is 0.827. The van der Waals surface area contributed by atoms with Crippen molar-refractivity contribution in [2.45, 2.75) is 27.3 Å². The van der Waals surface area contributed by atoms with Crippen LogP contribution in [-0.4, -0.2) is 18.1 Å². The topological polar surface area (TPSA) is 28.2 Å². The van der Waals surface area contributed by atoms with Crippen LogP contribution in [0.5, 0.6) is 0 Å². The molecule has 2 aromatic rings. The Labute approximate surface area is 121 Å². The Morgan fingerprint density at radius 3 is 2.50 bits per heavy atom. The number of nitrogens with one attached hydrogen (secondary N) is 1. The van der Waals surface area contributed by atoms with Crippen molar-refractivity contribution in [1.82, 2.24) is 4.98 Å². The second kappa shape index (κ2) is 6.94. The molecule has 0 aliphatic carbocycles. The molecule has 0 fully saturated rings. The first-order valence-electron chi connectivity index (χ1n) is 7.23. The molecule has 3 nitrogen and oxygen atoms in total. The first-order valence-corrected chi connectivity index (χ1v) is 7.23. The minimum atomic E-state index is 0.827. The van der Waals surface area contributed by atoms with Crippen molar-refractivity contribution in [1.29, 1.82) is 0 Å². The van der Waals surface area contributed by atoms with Gasteiger partial charge in [0.25, 0.3) is 0 Å². The molecule has 1 aromatic carbocycles. The van der Waals surface area contributed by atoms with Crippen LogP contribution >= 0.6 is 0 Å². The first kappa shape index (κ1) is 14.4. The van der Waals surface area contributed by atoms with Crippen molar-refractivity contribution in [3.63, 3.8) is 0 Å². The van der Waals surface area contributed by atoms with E-state index in [-0.39, 0.29) is 0 Å². The van der Waals surface area contributed by atoms with Gasteiger partial charge in [-0.3, -0.25) is 0 Å². The second-order valence-corrected chi connectivity index (χ2v) is 4.92. The van der Waals surface area contributed by atoms with Gasteiger partial charge in [-0.15, -0.1) is 0 Å². The van der Waals surface area contributed by atoms with Gasteiger partial charge in [0.2, 0.25) is 0 Å². The van der Waals surface area contributed by atoms with E-state index in [0.29, 0.717) is 0 Å². The Bertz CT molecular complexity index is 530. The number of nitrogens with zero attached hydrogens (tertiary/aromatic N) is 2. The highest BCUT2D eigenvalue weighted by Crippen LogP contribution is 2.15. The Hall–Kier alpha value is -2.03. The lowest BCUT2D eigenvalue weighted by molar-refractivity contribution is 0.846. The maximum Gasteiger partial charge on any atom is 0.128 e. The van der Waals surface area contributed by atoms with E-state index < -0.39 is 0 Å². The summed E-state index contributed by atoms with van der Waals surface area (Å²) in [6, 6.07) is 12.7. The van der Waals surface area contributed by atoms with Crippen molar-refractivity contribution in [2.24, 2.45) is 0 Å². The quantitative estimate of drug-likeness (QED) is 0.863. The monoisotopic (exact) mass is 269 g/mol. The molecule has 0 aliphatic rings. The van der Waals surface area contributed by atoms with E-state index >= 15 is 0 Å². The van der Waals surface area contributed by atoms with Crippen LogP contribution in [0, 0.1) is 6.92 Å². The smallest absolute Gasteiger partial charge is 0.128 e. The zero-order valence-electron chi connectivity index (χ0n) is 12.6. The van der Waals surface area contributed by atoms with Gasteiger partial charge in [0.1, 0.15) is 5.82 Å². The maximum absolute atomic E-state index is 4.51. The average Bonchev–Trinajstić information content (AvgIpc) is 2.48. The molecule has 1 heterocycles. The van der Waals surface area contributed by atoms with Gasteiger partial charge in [0.05, 0.1) is 11.9 Å². The molecule has 2 rings (SSSR count). The normalized spacial score (nSPS) is 10.3. The molecule has 1 N–H and O–H groups in total. The number of hydrogen-bond donors (Lipinski definition) is 1. The molecule has 0 amide bonds. The molecule has 20 heavy (non-hydrogen) atoms. The molecular weight excluding hydrogens is 246 g/mol. The molecule has 0 aliphatic heterocycles. The number of pyridine rings is 1. The molecule has 0 saturated heterocycles. The number of aromatic nitrogens is 1. The van der Waals surface area contributed by atoms with Crippen LogP contribution in [0.3, 0.4) is 0 Å². The number of anilines is 2. The van der Waals surface area contributed by atoms with Crippen LogP contribution in [-0.2, 0) is 6.54 Å². The van der Waals surface area contributed by atoms with Gasteiger partial charge in [-0.05, 0) is 38.5 Å². The largest absolute Gasteiger partial charge is 0.380 e. The summed E-state index contributed by atoms with van der Waals surface area (Å²) >= 11 is 0. The van der Waals surface area contributed by atoms with E-state index in [1.54, 1.807) is 0 Å². The van der Waals surface area contributed by atoms with Gasteiger partial charge < -0.3 is 10.2 Å². The van der Waals surface area contributed by atoms with Crippen LogP contribution in [0.15, 0.2) is 42.6 Å². The number of rotatable bonds is 6. The van der Waals surface area contributed by atoms with E-state index in [9.17, 15) is 0 Å². The third kappa shape index (κ3) is 3.73. The predicted octanol–water partition coefficient (Wildman–Crippen LogP) is 3.85. The summed E-state index contributed by atoms with van der Waals surface area (Å²) in [5.41, 5.74) is 3.64. The molecule has 0 unspecified atom stereocenters. The van der Waals surface area contributed by atoms with Crippen LogP contribution in [0.1, 0.15) is 25.0 Å². The highest BCUT2D eigenvalue weighted by molar-refractivity contribution is 5.48. The summed E-state index contributed by atoms with van der Waals surface area (Å²) in [5.74, 6) is 1.04. The van der Waals surface area contributed by atoms with E-state index in [1.807, 2.05) is 6.20 Å². The Kier molecular flexibility index (Phi) is 4.99. The number of benzene rings is 1. The fraction of sp³-hybridized carbons (Fsp3) is 0.353. The van der Waals surface area contributed by atoms with Crippen molar-refractivity contribution in [3.05, 3.63) is 53.7 Å². The van der Waals surface area contributed by atoms with Gasteiger partial charge >= 0.3 is 0 Å². The molecule has 106 valence electrons. The Morgan fingerprint density at radius 1 is 1.10 bits per heavy atom. The van der Waals surface area contributed by atoms with Gasteiger partial charge in [-0.25, -0.2) is 4.98 Å². The van der Waals surface area contributed by atoms with Crippen molar-refractivity contribution >= 4 is 11.5 Å². The summed E-state index contributed by atoms with van der Waals surface area (Å²) in [6.45, 7) is 9.21. The van der Waals surface area contributed by atoms with Crippen molar-refractivity contribution in [2.75, 3.05) is 23.3 Å². The third-order valence-corrected chi connectivity index (χ3v) is 3.41. The van der Waals surface area contributed by atoms with Crippen LogP contribution in [0.2, 0.25) is 0 Å². The lowest BCUT2D eigenvalue weighted by Crippen LogP contribution is -2.22. The molecule has 0 spiro atoms. The van der Waals surface area contributed by atoms with E-state index in [1.165, 1.54) is 11.1 Å². The summed E-state index contributed by atoms with van der Waals surface area (Å²) in [7, 11) is 0. The molecule has 0 saturated carbocycles. The van der Waals surface area contributed by atoms with E-state index in [0.717, 1.165) is 31.1 Å². The summed E-state index contributed by atoms with van der Waals surface area (Å²) in [5, 5.41) is 3.41. The van der Waals surface area contributed by atoms with Crippen molar-refractivity contribution in [3.8, 4) is 0 Å². The lowest BCUT2D eigenvalue weighted by Gasteiger charge is -2.19. The Morgan fingerprint density at radius 2 is 1.90 bits per heavy atom. The molecular formula is C17H23N3. The summed E-state index contributed by atoms with van der Waals surface area (Å²) in [6.07, 6.45) is 1.91. The highest BCUT2D eigenvalue weighted by atomic mass is 15.2. The minimum Gasteiger partial charge on any atom is -0.380 e. The standard InChI is InChI=1S/C17H23N3/c1-4-20(5-2)17-10-9-16(13-19-17)18-12-15-8-6-7-14(3)11-15/h6-11,13,18H,4-5,12H2,1-3H3. The van der Waals surface area contributed by atoms with Crippen LogP contribution < -0.4 is 10.2 Å². The lowest BCUT2D eigenvalue weighted by atomic mass is 10.1. The molecule has 0 atom stereocenters. The first-order chi connectivity index (χ1) is 9.72. The zero-order chi connectivity index (χ0) is 14.4. The molecule has 0 radical (unpaired) electrons. The van der Waals surface area contributed by atoms with Gasteiger partial charge in [-0.1, -0.05) is 29.8 Å². The van der Waals surface area contributed by atoms with Gasteiger partial charge in [0.15, 0.2) is 0 Å². The fourth-order valence-electron chi connectivity index (χ4n) is 2.25.